The second-order valence-electron chi connectivity index (χ2n) is 6.15. The van der Waals surface area contributed by atoms with Crippen LogP contribution in [0.25, 0.3) is 11.1 Å². The van der Waals surface area contributed by atoms with Crippen LogP contribution < -0.4 is 4.72 Å². The predicted octanol–water partition coefficient (Wildman–Crippen LogP) is 2.52. The number of benzene rings is 1. The number of hydrogen-bond donors (Lipinski definition) is 2. The molecule has 7 heteroatoms. The monoisotopic (exact) mass is 334 g/mol. The normalized spacial score (nSPS) is 12.1. The zero-order valence-corrected chi connectivity index (χ0v) is 13.9. The molecule has 0 saturated heterocycles. The van der Waals surface area contributed by atoms with Gasteiger partial charge in [0, 0.05) is 23.5 Å². The first-order chi connectivity index (χ1) is 10.6. The third kappa shape index (κ3) is 4.37. The van der Waals surface area contributed by atoms with Crippen molar-refractivity contribution in [2.75, 3.05) is 0 Å². The zero-order valence-electron chi connectivity index (χ0n) is 13.1. The maximum absolute atomic E-state index is 12.2. The molecule has 2 aromatic rings. The van der Waals surface area contributed by atoms with Crippen LogP contribution in [0.15, 0.2) is 47.6 Å². The third-order valence-electron chi connectivity index (χ3n) is 2.92. The minimum Gasteiger partial charge on any atom is -0.478 e. The van der Waals surface area contributed by atoms with Gasteiger partial charge in [0.05, 0.1) is 10.5 Å². The topological polar surface area (TPSA) is 96.4 Å². The van der Waals surface area contributed by atoms with Crippen LogP contribution in [0.1, 0.15) is 31.1 Å². The molecule has 0 fully saturated rings. The molecule has 6 nitrogen and oxygen atoms in total. The Morgan fingerprint density at radius 3 is 2.22 bits per heavy atom. The summed E-state index contributed by atoms with van der Waals surface area (Å²) >= 11 is 0. The van der Waals surface area contributed by atoms with E-state index in [9.17, 15) is 13.2 Å². The summed E-state index contributed by atoms with van der Waals surface area (Å²) in [5.41, 5.74) is 0.804. The van der Waals surface area contributed by atoms with Crippen molar-refractivity contribution in [2.45, 2.75) is 31.2 Å². The van der Waals surface area contributed by atoms with E-state index < -0.39 is 21.5 Å². The second-order valence-corrected chi connectivity index (χ2v) is 7.83. The molecule has 2 rings (SSSR count). The third-order valence-corrected chi connectivity index (χ3v) is 4.70. The highest BCUT2D eigenvalue weighted by Crippen LogP contribution is 2.22. The Labute approximate surface area is 135 Å². The first-order valence-corrected chi connectivity index (χ1v) is 8.39. The Kier molecular flexibility index (Phi) is 4.53. The fourth-order valence-electron chi connectivity index (χ4n) is 2.00. The van der Waals surface area contributed by atoms with Crippen LogP contribution in [0.3, 0.4) is 0 Å². The van der Waals surface area contributed by atoms with Gasteiger partial charge in [0.2, 0.25) is 10.0 Å². The predicted molar refractivity (Wildman–Crippen MR) is 86.7 cm³/mol. The summed E-state index contributed by atoms with van der Waals surface area (Å²) in [5.74, 6) is -1.06. The number of aromatic nitrogens is 1. The lowest BCUT2D eigenvalue weighted by molar-refractivity contribution is 0.0696. The highest BCUT2D eigenvalue weighted by molar-refractivity contribution is 7.89. The number of nitrogens with one attached hydrogen (secondary N) is 1. The van der Waals surface area contributed by atoms with Crippen molar-refractivity contribution in [3.8, 4) is 11.1 Å². The van der Waals surface area contributed by atoms with Gasteiger partial charge < -0.3 is 5.11 Å². The number of carboxylic acid groups (broad SMARTS) is 1. The van der Waals surface area contributed by atoms with Gasteiger partial charge in [0.15, 0.2) is 0 Å². The van der Waals surface area contributed by atoms with Crippen LogP contribution in [-0.2, 0) is 10.0 Å². The average Bonchev–Trinajstić information content (AvgIpc) is 2.45. The summed E-state index contributed by atoms with van der Waals surface area (Å²) in [6.07, 6.45) is 2.79. The number of rotatable bonds is 4. The van der Waals surface area contributed by atoms with Crippen molar-refractivity contribution in [3.63, 3.8) is 0 Å². The molecule has 2 N–H and O–H groups in total. The molecule has 1 aromatic carbocycles. The second kappa shape index (κ2) is 6.10. The molecule has 122 valence electrons. The van der Waals surface area contributed by atoms with Gasteiger partial charge in [0.1, 0.15) is 0 Å². The van der Waals surface area contributed by atoms with Crippen molar-refractivity contribution in [2.24, 2.45) is 0 Å². The molecule has 0 unspecified atom stereocenters. The van der Waals surface area contributed by atoms with Crippen LogP contribution in [0.4, 0.5) is 0 Å². The van der Waals surface area contributed by atoms with E-state index >= 15 is 0 Å². The zero-order chi connectivity index (χ0) is 17.3. The SMILES string of the molecule is CC(C)(C)NS(=O)(=O)c1ccc(-c2cncc(C(=O)O)c2)cc1. The molecule has 1 heterocycles. The van der Waals surface area contributed by atoms with Crippen molar-refractivity contribution in [3.05, 3.63) is 48.3 Å². The van der Waals surface area contributed by atoms with Gasteiger partial charge in [-0.25, -0.2) is 17.9 Å². The Morgan fingerprint density at radius 1 is 1.09 bits per heavy atom. The van der Waals surface area contributed by atoms with Crippen LogP contribution >= 0.6 is 0 Å². The van der Waals surface area contributed by atoms with Crippen molar-refractivity contribution in [1.29, 1.82) is 0 Å². The molecule has 0 bridgehead atoms. The molecular weight excluding hydrogens is 316 g/mol. The molecule has 0 saturated carbocycles. The van der Waals surface area contributed by atoms with E-state index in [0.29, 0.717) is 11.1 Å². The number of carboxylic acids is 1. The standard InChI is InChI=1S/C16H18N2O4S/c1-16(2,3)18-23(21,22)14-6-4-11(5-7-14)12-8-13(15(19)20)10-17-9-12/h4-10,18H,1-3H3,(H,19,20). The van der Waals surface area contributed by atoms with E-state index in [0.717, 1.165) is 0 Å². The molecule has 0 spiro atoms. The summed E-state index contributed by atoms with van der Waals surface area (Å²) in [5, 5.41) is 8.99. The molecule has 1 aromatic heterocycles. The smallest absolute Gasteiger partial charge is 0.337 e. The lowest BCUT2D eigenvalue weighted by Crippen LogP contribution is -2.40. The number of pyridine rings is 1. The summed E-state index contributed by atoms with van der Waals surface area (Å²) in [7, 11) is -3.60. The van der Waals surface area contributed by atoms with Crippen molar-refractivity contribution < 1.29 is 18.3 Å². The summed E-state index contributed by atoms with van der Waals surface area (Å²) in [4.78, 5) is 15.0. The first kappa shape index (κ1) is 17.1. The Bertz CT molecular complexity index is 822. The fourth-order valence-corrected chi connectivity index (χ4v) is 3.42. The lowest BCUT2D eigenvalue weighted by atomic mass is 10.1. The van der Waals surface area contributed by atoms with E-state index in [4.69, 9.17) is 5.11 Å². The van der Waals surface area contributed by atoms with E-state index in [2.05, 4.69) is 9.71 Å². The largest absolute Gasteiger partial charge is 0.478 e. The minimum atomic E-state index is -3.60. The molecular formula is C16H18N2O4S. The van der Waals surface area contributed by atoms with Crippen LogP contribution in [0.5, 0.6) is 0 Å². The maximum Gasteiger partial charge on any atom is 0.337 e. The maximum atomic E-state index is 12.2. The quantitative estimate of drug-likeness (QED) is 0.895. The lowest BCUT2D eigenvalue weighted by Gasteiger charge is -2.20. The van der Waals surface area contributed by atoms with E-state index in [1.54, 1.807) is 32.9 Å². The van der Waals surface area contributed by atoms with Gasteiger partial charge in [-0.15, -0.1) is 0 Å². The van der Waals surface area contributed by atoms with Gasteiger partial charge in [-0.05, 0) is 44.5 Å². The molecule has 0 radical (unpaired) electrons. The van der Waals surface area contributed by atoms with Crippen LogP contribution in [0, 0.1) is 0 Å². The Balaban J connectivity index is 2.33. The number of sulfonamides is 1. The number of hydrogen-bond acceptors (Lipinski definition) is 4. The van der Waals surface area contributed by atoms with Gasteiger partial charge in [-0.1, -0.05) is 12.1 Å². The number of nitrogens with zero attached hydrogens (tertiary/aromatic N) is 1. The van der Waals surface area contributed by atoms with Gasteiger partial charge in [0.25, 0.3) is 0 Å². The average molecular weight is 334 g/mol. The van der Waals surface area contributed by atoms with Gasteiger partial charge in [-0.3, -0.25) is 4.98 Å². The highest BCUT2D eigenvalue weighted by atomic mass is 32.2. The molecule has 0 atom stereocenters. The van der Waals surface area contributed by atoms with Crippen molar-refractivity contribution >= 4 is 16.0 Å². The summed E-state index contributed by atoms with van der Waals surface area (Å²) in [6.45, 7) is 5.30. The first-order valence-electron chi connectivity index (χ1n) is 6.91. The van der Waals surface area contributed by atoms with Crippen molar-refractivity contribution in [1.82, 2.24) is 9.71 Å². The van der Waals surface area contributed by atoms with E-state index in [1.807, 2.05) is 0 Å². The summed E-state index contributed by atoms with van der Waals surface area (Å²) in [6, 6.07) is 7.71. The van der Waals surface area contributed by atoms with E-state index in [1.165, 1.54) is 30.6 Å². The minimum absolute atomic E-state index is 0.0774. The Morgan fingerprint density at radius 2 is 1.70 bits per heavy atom. The van der Waals surface area contributed by atoms with E-state index in [-0.39, 0.29) is 10.5 Å². The fraction of sp³-hybridized carbons (Fsp3) is 0.250. The molecule has 0 aliphatic heterocycles. The molecule has 0 amide bonds. The van der Waals surface area contributed by atoms with Gasteiger partial charge >= 0.3 is 5.97 Å². The molecule has 0 aliphatic carbocycles. The number of aromatic carboxylic acids is 1. The summed E-state index contributed by atoms with van der Waals surface area (Å²) < 4.78 is 27.1. The van der Waals surface area contributed by atoms with Crippen LogP contribution in [-0.4, -0.2) is 30.0 Å². The van der Waals surface area contributed by atoms with Gasteiger partial charge in [-0.2, -0.15) is 0 Å². The number of carbonyl (C=O) groups is 1. The highest BCUT2D eigenvalue weighted by Gasteiger charge is 2.21. The van der Waals surface area contributed by atoms with Crippen LogP contribution in [0.2, 0.25) is 0 Å². The Hall–Kier alpha value is -2.25. The molecule has 0 aliphatic rings. The molecule has 23 heavy (non-hydrogen) atoms.